The first-order chi connectivity index (χ1) is 10.6. The number of urea groups is 1. The molecule has 1 rings (SSSR count). The van der Waals surface area contributed by atoms with Crippen LogP contribution in [0.1, 0.15) is 37.8 Å². The van der Waals surface area contributed by atoms with Crippen LogP contribution in [-0.4, -0.2) is 41.8 Å². The summed E-state index contributed by atoms with van der Waals surface area (Å²) in [6, 6.07) is 4.06. The molecule has 1 aromatic rings. The lowest BCUT2D eigenvalue weighted by Gasteiger charge is -2.29. The van der Waals surface area contributed by atoms with Gasteiger partial charge in [0.25, 0.3) is 0 Å². The second-order valence-corrected chi connectivity index (χ2v) is 5.75. The van der Waals surface area contributed by atoms with Crippen molar-refractivity contribution in [1.82, 2.24) is 10.2 Å². The van der Waals surface area contributed by atoms with Gasteiger partial charge in [0.1, 0.15) is 0 Å². The van der Waals surface area contributed by atoms with Crippen LogP contribution in [0.3, 0.4) is 0 Å². The van der Waals surface area contributed by atoms with Crippen molar-refractivity contribution >= 4 is 6.03 Å². The van der Waals surface area contributed by atoms with E-state index >= 15 is 0 Å². The zero-order valence-corrected chi connectivity index (χ0v) is 13.7. The molecule has 0 aliphatic carbocycles. The van der Waals surface area contributed by atoms with E-state index in [9.17, 15) is 18.0 Å². The standard InChI is InChI=1S/C16H23F3N2O2/c1-10(9-22)21(4)15(23)20-12(3)11(2)13-7-5-6-8-14(13)16(17,18)19/h5-8,10-12,22H,9H2,1-4H3,(H,20,23). The Labute approximate surface area is 134 Å². The summed E-state index contributed by atoms with van der Waals surface area (Å²) >= 11 is 0. The van der Waals surface area contributed by atoms with E-state index in [-0.39, 0.29) is 18.2 Å². The number of amides is 2. The summed E-state index contributed by atoms with van der Waals surface area (Å²) in [5.41, 5.74) is -0.545. The molecule has 0 bridgehead atoms. The van der Waals surface area contributed by atoms with E-state index in [1.165, 1.54) is 24.1 Å². The van der Waals surface area contributed by atoms with Crippen LogP contribution in [0.4, 0.5) is 18.0 Å². The van der Waals surface area contributed by atoms with Gasteiger partial charge in [0.15, 0.2) is 0 Å². The van der Waals surface area contributed by atoms with Crippen molar-refractivity contribution in [2.75, 3.05) is 13.7 Å². The lowest BCUT2D eigenvalue weighted by Crippen LogP contribution is -2.48. The van der Waals surface area contributed by atoms with E-state index in [0.29, 0.717) is 0 Å². The number of aliphatic hydroxyl groups is 1. The number of benzene rings is 1. The van der Waals surface area contributed by atoms with Crippen LogP contribution in [0, 0.1) is 0 Å². The summed E-state index contributed by atoms with van der Waals surface area (Å²) in [5, 5.41) is 11.7. The van der Waals surface area contributed by atoms with Gasteiger partial charge in [-0.25, -0.2) is 4.79 Å². The van der Waals surface area contributed by atoms with Gasteiger partial charge < -0.3 is 15.3 Å². The third-order valence-electron chi connectivity index (χ3n) is 4.10. The summed E-state index contributed by atoms with van der Waals surface area (Å²) in [7, 11) is 1.53. The first-order valence-corrected chi connectivity index (χ1v) is 7.39. The molecule has 0 aromatic heterocycles. The van der Waals surface area contributed by atoms with Crippen molar-refractivity contribution < 1.29 is 23.1 Å². The Hall–Kier alpha value is -1.76. The summed E-state index contributed by atoms with van der Waals surface area (Å²) in [4.78, 5) is 13.4. The quantitative estimate of drug-likeness (QED) is 0.870. The van der Waals surface area contributed by atoms with Gasteiger partial charge >= 0.3 is 12.2 Å². The van der Waals surface area contributed by atoms with Crippen molar-refractivity contribution in [3.63, 3.8) is 0 Å². The second-order valence-electron chi connectivity index (χ2n) is 5.75. The van der Waals surface area contributed by atoms with Gasteiger partial charge in [-0.05, 0) is 25.5 Å². The van der Waals surface area contributed by atoms with Crippen LogP contribution in [0.2, 0.25) is 0 Å². The maximum absolute atomic E-state index is 13.1. The average Bonchev–Trinajstić information content (AvgIpc) is 2.51. The third-order valence-corrected chi connectivity index (χ3v) is 4.10. The van der Waals surface area contributed by atoms with Crippen LogP contribution in [0.15, 0.2) is 24.3 Å². The predicted octanol–water partition coefficient (Wildman–Crippen LogP) is 3.22. The van der Waals surface area contributed by atoms with Crippen molar-refractivity contribution in [2.45, 2.75) is 44.9 Å². The molecule has 0 spiro atoms. The van der Waals surface area contributed by atoms with E-state index in [1.54, 1.807) is 26.8 Å². The molecule has 0 aliphatic rings. The Morgan fingerprint density at radius 3 is 2.35 bits per heavy atom. The number of aliphatic hydroxyl groups excluding tert-OH is 1. The number of hydrogen-bond donors (Lipinski definition) is 2. The summed E-state index contributed by atoms with van der Waals surface area (Å²) in [5.74, 6) is -0.519. The molecule has 3 unspecified atom stereocenters. The molecule has 0 saturated heterocycles. The molecule has 23 heavy (non-hydrogen) atoms. The SMILES string of the molecule is CC(NC(=O)N(C)C(C)CO)C(C)c1ccccc1C(F)(F)F. The van der Waals surface area contributed by atoms with Gasteiger partial charge in [-0.1, -0.05) is 25.1 Å². The maximum atomic E-state index is 13.1. The second kappa shape index (κ2) is 7.68. The van der Waals surface area contributed by atoms with Crippen LogP contribution >= 0.6 is 0 Å². The number of hydrogen-bond acceptors (Lipinski definition) is 2. The predicted molar refractivity (Wildman–Crippen MR) is 82.2 cm³/mol. The van der Waals surface area contributed by atoms with Crippen molar-refractivity contribution in [3.05, 3.63) is 35.4 Å². The fourth-order valence-electron chi connectivity index (χ4n) is 2.17. The molecular weight excluding hydrogens is 309 g/mol. The maximum Gasteiger partial charge on any atom is 0.416 e. The number of halogens is 3. The Morgan fingerprint density at radius 2 is 1.83 bits per heavy atom. The van der Waals surface area contributed by atoms with Gasteiger partial charge in [0.2, 0.25) is 0 Å². The van der Waals surface area contributed by atoms with Gasteiger partial charge in [0, 0.05) is 19.0 Å². The van der Waals surface area contributed by atoms with E-state index in [1.807, 2.05) is 0 Å². The van der Waals surface area contributed by atoms with Crippen molar-refractivity contribution in [3.8, 4) is 0 Å². The molecule has 1 aromatic carbocycles. The Kier molecular flexibility index (Phi) is 6.44. The van der Waals surface area contributed by atoms with E-state index in [4.69, 9.17) is 5.11 Å². The fraction of sp³-hybridized carbons (Fsp3) is 0.562. The van der Waals surface area contributed by atoms with E-state index in [2.05, 4.69) is 5.32 Å². The summed E-state index contributed by atoms with van der Waals surface area (Å²) in [6.07, 6.45) is -4.43. The molecule has 2 N–H and O–H groups in total. The molecule has 0 fully saturated rings. The van der Waals surface area contributed by atoms with Gasteiger partial charge in [-0.3, -0.25) is 0 Å². The van der Waals surface area contributed by atoms with E-state index in [0.717, 1.165) is 6.07 Å². The summed E-state index contributed by atoms with van der Waals surface area (Å²) < 4.78 is 39.3. The molecular formula is C16H23F3N2O2. The lowest BCUT2D eigenvalue weighted by atomic mass is 9.90. The monoisotopic (exact) mass is 332 g/mol. The minimum Gasteiger partial charge on any atom is -0.394 e. The Balaban J connectivity index is 2.90. The topological polar surface area (TPSA) is 52.6 Å². The first kappa shape index (κ1) is 19.3. The van der Waals surface area contributed by atoms with Gasteiger partial charge in [0.05, 0.1) is 18.2 Å². The van der Waals surface area contributed by atoms with Crippen LogP contribution < -0.4 is 5.32 Å². The van der Waals surface area contributed by atoms with Gasteiger partial charge in [-0.15, -0.1) is 0 Å². The molecule has 7 heteroatoms. The smallest absolute Gasteiger partial charge is 0.394 e. The molecule has 3 atom stereocenters. The lowest BCUT2D eigenvalue weighted by molar-refractivity contribution is -0.138. The molecule has 0 saturated carbocycles. The largest absolute Gasteiger partial charge is 0.416 e. The normalized spacial score (nSPS) is 15.7. The molecule has 0 aliphatic heterocycles. The molecule has 0 heterocycles. The van der Waals surface area contributed by atoms with Crippen LogP contribution in [-0.2, 0) is 6.18 Å². The highest BCUT2D eigenvalue weighted by Crippen LogP contribution is 2.35. The highest BCUT2D eigenvalue weighted by Gasteiger charge is 2.35. The fourth-order valence-corrected chi connectivity index (χ4v) is 2.17. The highest BCUT2D eigenvalue weighted by molar-refractivity contribution is 5.74. The molecule has 2 amide bonds. The van der Waals surface area contributed by atoms with E-state index < -0.39 is 29.7 Å². The Bertz CT molecular complexity index is 534. The molecule has 130 valence electrons. The molecule has 4 nitrogen and oxygen atoms in total. The number of nitrogens with zero attached hydrogens (tertiary/aromatic N) is 1. The minimum absolute atomic E-state index is 0.144. The molecule has 0 radical (unpaired) electrons. The highest BCUT2D eigenvalue weighted by atomic mass is 19.4. The van der Waals surface area contributed by atoms with Crippen LogP contribution in [0.5, 0.6) is 0 Å². The average molecular weight is 332 g/mol. The number of carbonyl (C=O) groups is 1. The number of likely N-dealkylation sites (N-methyl/N-ethyl adjacent to an activating group) is 1. The minimum atomic E-state index is -4.43. The van der Waals surface area contributed by atoms with Crippen molar-refractivity contribution in [2.24, 2.45) is 0 Å². The Morgan fingerprint density at radius 1 is 1.26 bits per heavy atom. The first-order valence-electron chi connectivity index (χ1n) is 7.39. The van der Waals surface area contributed by atoms with Gasteiger partial charge in [-0.2, -0.15) is 13.2 Å². The van der Waals surface area contributed by atoms with Crippen LogP contribution in [0.25, 0.3) is 0 Å². The number of rotatable bonds is 5. The third kappa shape index (κ3) is 4.86. The summed E-state index contributed by atoms with van der Waals surface area (Å²) in [6.45, 7) is 4.79. The zero-order chi connectivity index (χ0) is 17.8. The zero-order valence-electron chi connectivity index (χ0n) is 13.7. The number of alkyl halides is 3. The number of carbonyl (C=O) groups excluding carboxylic acids is 1. The number of nitrogens with one attached hydrogen (secondary N) is 1. The van der Waals surface area contributed by atoms with Crippen molar-refractivity contribution in [1.29, 1.82) is 0 Å².